The largest absolute Gasteiger partial charge is 0.356 e. The molecule has 2 aliphatic rings. The summed E-state index contributed by atoms with van der Waals surface area (Å²) in [4.78, 5) is 27.6. The highest BCUT2D eigenvalue weighted by molar-refractivity contribution is 5.92. The number of carbonyl (C=O) groups excluding carboxylic acids is 1. The number of aryl methyl sites for hydroxylation is 2. The zero-order valence-corrected chi connectivity index (χ0v) is 19.6. The zero-order valence-electron chi connectivity index (χ0n) is 19.6. The van der Waals surface area contributed by atoms with Crippen LogP contribution in [0.3, 0.4) is 0 Å². The summed E-state index contributed by atoms with van der Waals surface area (Å²) in [6.07, 6.45) is 6.85. The number of fused-ring (bicyclic) bond motifs is 1. The third-order valence-corrected chi connectivity index (χ3v) is 6.87. The number of nitrogens with zero attached hydrogens (tertiary/aromatic N) is 6. The van der Waals surface area contributed by atoms with Gasteiger partial charge < -0.3 is 9.80 Å². The summed E-state index contributed by atoms with van der Waals surface area (Å²) in [6, 6.07) is 12.3. The molecule has 172 valence electrons. The van der Waals surface area contributed by atoms with Gasteiger partial charge in [0, 0.05) is 43.6 Å². The molecule has 1 aromatic carbocycles. The van der Waals surface area contributed by atoms with E-state index < -0.39 is 0 Å². The molecule has 2 aliphatic heterocycles. The van der Waals surface area contributed by atoms with Gasteiger partial charge in [-0.15, -0.1) is 0 Å². The fourth-order valence-electron chi connectivity index (χ4n) is 5.06. The van der Waals surface area contributed by atoms with E-state index in [9.17, 15) is 4.79 Å². The second-order valence-electron chi connectivity index (χ2n) is 9.01. The van der Waals surface area contributed by atoms with Crippen LogP contribution in [0.2, 0.25) is 0 Å². The second kappa shape index (κ2) is 9.33. The van der Waals surface area contributed by atoms with Crippen LogP contribution < -0.4 is 4.90 Å². The van der Waals surface area contributed by atoms with Crippen LogP contribution in [0.4, 0.5) is 5.82 Å². The first-order chi connectivity index (χ1) is 16.1. The minimum atomic E-state index is -0.0915. The van der Waals surface area contributed by atoms with Crippen LogP contribution in [0.15, 0.2) is 42.6 Å². The van der Waals surface area contributed by atoms with Crippen molar-refractivity contribution in [2.24, 2.45) is 0 Å². The van der Waals surface area contributed by atoms with Crippen molar-refractivity contribution in [2.45, 2.75) is 58.5 Å². The zero-order chi connectivity index (χ0) is 22.8. The highest BCUT2D eigenvalue weighted by Gasteiger charge is 2.35. The highest BCUT2D eigenvalue weighted by atomic mass is 16.2. The van der Waals surface area contributed by atoms with E-state index >= 15 is 0 Å². The van der Waals surface area contributed by atoms with Crippen molar-refractivity contribution >= 4 is 11.7 Å². The highest BCUT2D eigenvalue weighted by Crippen LogP contribution is 2.35. The molecular formula is C26H32N6O. The molecule has 0 spiro atoms. The Balaban J connectivity index is 1.40. The van der Waals surface area contributed by atoms with Gasteiger partial charge in [0.05, 0.1) is 6.04 Å². The Morgan fingerprint density at radius 3 is 2.73 bits per heavy atom. The van der Waals surface area contributed by atoms with Crippen molar-refractivity contribution in [3.05, 3.63) is 70.9 Å². The second-order valence-corrected chi connectivity index (χ2v) is 9.01. The summed E-state index contributed by atoms with van der Waals surface area (Å²) in [7, 11) is 0. The monoisotopic (exact) mass is 444 g/mol. The van der Waals surface area contributed by atoms with Gasteiger partial charge in [-0.1, -0.05) is 30.3 Å². The van der Waals surface area contributed by atoms with Crippen LogP contribution in [0, 0.1) is 6.92 Å². The van der Waals surface area contributed by atoms with E-state index in [4.69, 9.17) is 9.97 Å². The van der Waals surface area contributed by atoms with Crippen LogP contribution in [-0.2, 0) is 19.4 Å². The molecule has 0 radical (unpaired) electrons. The Morgan fingerprint density at radius 2 is 1.94 bits per heavy atom. The molecule has 0 aliphatic carbocycles. The van der Waals surface area contributed by atoms with Gasteiger partial charge in [-0.3, -0.25) is 9.48 Å². The van der Waals surface area contributed by atoms with Crippen LogP contribution >= 0.6 is 0 Å². The molecule has 1 unspecified atom stereocenters. The number of hydrogen-bond donors (Lipinski definition) is 0. The van der Waals surface area contributed by atoms with E-state index in [1.165, 1.54) is 11.1 Å². The molecule has 7 heteroatoms. The summed E-state index contributed by atoms with van der Waals surface area (Å²) in [5.41, 5.74) is 4.15. The van der Waals surface area contributed by atoms with E-state index in [-0.39, 0.29) is 11.9 Å². The van der Waals surface area contributed by atoms with Gasteiger partial charge in [0.25, 0.3) is 5.91 Å². The van der Waals surface area contributed by atoms with Crippen molar-refractivity contribution in [3.8, 4) is 0 Å². The molecule has 5 rings (SSSR count). The van der Waals surface area contributed by atoms with Gasteiger partial charge in [-0.05, 0) is 57.6 Å². The number of hydrogen-bond acceptors (Lipinski definition) is 5. The number of benzene rings is 1. The molecule has 0 N–H and O–H groups in total. The molecule has 1 amide bonds. The molecule has 0 bridgehead atoms. The summed E-state index contributed by atoms with van der Waals surface area (Å²) in [5.74, 6) is 1.82. The van der Waals surface area contributed by atoms with E-state index in [1.54, 1.807) is 4.68 Å². The number of aromatic nitrogens is 4. The normalized spacial score (nSPS) is 17.9. The lowest BCUT2D eigenvalue weighted by Gasteiger charge is -2.32. The van der Waals surface area contributed by atoms with Crippen LogP contribution in [0.1, 0.15) is 65.4 Å². The number of rotatable bonds is 6. The average molecular weight is 445 g/mol. The number of carbonyl (C=O) groups is 1. The van der Waals surface area contributed by atoms with Crippen LogP contribution in [0.5, 0.6) is 0 Å². The minimum Gasteiger partial charge on any atom is -0.356 e. The van der Waals surface area contributed by atoms with Gasteiger partial charge >= 0.3 is 0 Å². The smallest absolute Gasteiger partial charge is 0.274 e. The quantitative estimate of drug-likeness (QED) is 0.575. The molecule has 1 fully saturated rings. The summed E-state index contributed by atoms with van der Waals surface area (Å²) in [5, 5.41) is 4.43. The lowest BCUT2D eigenvalue weighted by atomic mass is 10.0. The Bertz CT molecular complexity index is 1130. The predicted octanol–water partition coefficient (Wildman–Crippen LogP) is 3.97. The Labute approximate surface area is 195 Å². The summed E-state index contributed by atoms with van der Waals surface area (Å²) in [6.45, 7) is 7.54. The summed E-state index contributed by atoms with van der Waals surface area (Å²) < 4.78 is 1.79. The molecule has 33 heavy (non-hydrogen) atoms. The lowest BCUT2D eigenvalue weighted by molar-refractivity contribution is 0.0722. The third kappa shape index (κ3) is 4.36. The molecule has 2 aromatic heterocycles. The van der Waals surface area contributed by atoms with Crippen molar-refractivity contribution in [1.29, 1.82) is 0 Å². The molecule has 1 atom stereocenters. The molecule has 7 nitrogen and oxygen atoms in total. The predicted molar refractivity (Wildman–Crippen MR) is 128 cm³/mol. The first-order valence-electron chi connectivity index (χ1n) is 12.1. The topological polar surface area (TPSA) is 67.2 Å². The maximum absolute atomic E-state index is 13.2. The number of likely N-dealkylation sites (tertiary alicyclic amines) is 1. The van der Waals surface area contributed by atoms with Gasteiger partial charge in [0.1, 0.15) is 11.5 Å². The minimum absolute atomic E-state index is 0.0235. The Kier molecular flexibility index (Phi) is 6.11. The van der Waals surface area contributed by atoms with Crippen molar-refractivity contribution in [2.75, 3.05) is 24.5 Å². The van der Waals surface area contributed by atoms with E-state index in [2.05, 4.69) is 47.3 Å². The van der Waals surface area contributed by atoms with E-state index in [0.717, 1.165) is 75.6 Å². The number of anilines is 1. The first kappa shape index (κ1) is 21.6. The van der Waals surface area contributed by atoms with Crippen LogP contribution in [0.25, 0.3) is 0 Å². The lowest BCUT2D eigenvalue weighted by Crippen LogP contribution is -2.35. The molecule has 0 saturated carbocycles. The third-order valence-electron chi connectivity index (χ3n) is 6.87. The maximum atomic E-state index is 13.2. The van der Waals surface area contributed by atoms with E-state index in [0.29, 0.717) is 5.69 Å². The number of amides is 1. The van der Waals surface area contributed by atoms with Crippen molar-refractivity contribution in [1.82, 2.24) is 24.6 Å². The summed E-state index contributed by atoms with van der Waals surface area (Å²) >= 11 is 0. The molecular weight excluding hydrogens is 412 g/mol. The maximum Gasteiger partial charge on any atom is 0.274 e. The SMILES string of the molecule is CCn1ccc(C(=O)N2CCCC2c2nc(C)c3c(n2)N(CCc2ccccc2)CCC3)n1. The fourth-order valence-corrected chi connectivity index (χ4v) is 5.06. The molecule has 1 saturated heterocycles. The fraction of sp³-hybridized carbons (Fsp3) is 0.462. The molecule has 4 heterocycles. The molecule has 3 aromatic rings. The standard InChI is InChI=1S/C26H32N6O/c1-3-31-18-14-22(29-31)26(33)32-16-8-12-23(32)24-27-19(2)21-11-7-15-30(25(21)28-24)17-13-20-9-5-4-6-10-20/h4-6,9-10,14,18,23H,3,7-8,11-13,15-17H2,1-2H3. The Hall–Kier alpha value is -3.22. The van der Waals surface area contributed by atoms with Gasteiger partial charge in [0.2, 0.25) is 0 Å². The van der Waals surface area contributed by atoms with Crippen LogP contribution in [-0.4, -0.2) is 50.2 Å². The first-order valence-corrected chi connectivity index (χ1v) is 12.1. The van der Waals surface area contributed by atoms with Crippen molar-refractivity contribution in [3.63, 3.8) is 0 Å². The van der Waals surface area contributed by atoms with Gasteiger partial charge in [-0.2, -0.15) is 5.10 Å². The Morgan fingerprint density at radius 1 is 1.09 bits per heavy atom. The van der Waals surface area contributed by atoms with E-state index in [1.807, 2.05) is 24.1 Å². The van der Waals surface area contributed by atoms with Gasteiger partial charge in [-0.25, -0.2) is 9.97 Å². The van der Waals surface area contributed by atoms with Gasteiger partial charge in [0.15, 0.2) is 5.82 Å². The average Bonchev–Trinajstić information content (AvgIpc) is 3.53. The van der Waals surface area contributed by atoms with Crippen molar-refractivity contribution < 1.29 is 4.79 Å².